The molecule has 102 valence electrons. The highest BCUT2D eigenvalue weighted by Gasteiger charge is 2.17. The zero-order chi connectivity index (χ0) is 13.8. The molecular weight excluding hydrogens is 266 g/mol. The van der Waals surface area contributed by atoms with Gasteiger partial charge in [-0.1, -0.05) is 25.3 Å². The monoisotopic (exact) mass is 283 g/mol. The summed E-state index contributed by atoms with van der Waals surface area (Å²) in [6.07, 6.45) is 8.01. The van der Waals surface area contributed by atoms with E-state index >= 15 is 0 Å². The Kier molecular flexibility index (Phi) is 3.98. The lowest BCUT2D eigenvalue weighted by molar-refractivity contribution is 0.462. The molecule has 0 spiro atoms. The van der Waals surface area contributed by atoms with Crippen LogP contribution in [0.25, 0.3) is 10.4 Å². The van der Waals surface area contributed by atoms with E-state index in [1.165, 1.54) is 32.1 Å². The molecule has 1 N–H and O–H groups in total. The highest BCUT2D eigenvalue weighted by molar-refractivity contribution is 7.13. The second-order valence-electron chi connectivity index (χ2n) is 5.15. The lowest BCUT2D eigenvalue weighted by Gasteiger charge is -2.24. The molecule has 2 aromatic heterocycles. The highest BCUT2D eigenvalue weighted by atomic mass is 32.1. The quantitative estimate of drug-likeness (QED) is 0.906. The molecule has 1 saturated carbocycles. The molecule has 0 aromatic carbocycles. The van der Waals surface area contributed by atoms with Crippen molar-refractivity contribution < 1.29 is 0 Å². The Hall–Kier alpha value is -1.86. The van der Waals surface area contributed by atoms with E-state index in [0.717, 1.165) is 16.3 Å². The molecule has 0 radical (unpaired) electrons. The van der Waals surface area contributed by atoms with Crippen molar-refractivity contribution in [2.24, 2.45) is 0 Å². The van der Waals surface area contributed by atoms with Gasteiger partial charge in [0.05, 0.1) is 0 Å². The van der Waals surface area contributed by atoms with Crippen molar-refractivity contribution >= 4 is 17.2 Å². The number of pyridine rings is 1. The van der Waals surface area contributed by atoms with Gasteiger partial charge in [0.1, 0.15) is 17.5 Å². The number of nitrogens with one attached hydrogen (secondary N) is 1. The zero-order valence-electron chi connectivity index (χ0n) is 11.3. The minimum Gasteiger partial charge on any atom is -0.366 e. The molecule has 0 saturated heterocycles. The summed E-state index contributed by atoms with van der Waals surface area (Å²) >= 11 is 1.65. The molecule has 2 heterocycles. The first kappa shape index (κ1) is 13.1. The van der Waals surface area contributed by atoms with E-state index < -0.39 is 0 Å². The van der Waals surface area contributed by atoms with Gasteiger partial charge >= 0.3 is 0 Å². The molecule has 1 fully saturated rings. The Morgan fingerprint density at radius 1 is 1.25 bits per heavy atom. The zero-order valence-corrected chi connectivity index (χ0v) is 12.1. The molecule has 0 amide bonds. The van der Waals surface area contributed by atoms with Crippen molar-refractivity contribution in [1.29, 1.82) is 5.26 Å². The van der Waals surface area contributed by atoms with Crippen LogP contribution in [0.15, 0.2) is 29.8 Å². The fourth-order valence-electron chi connectivity index (χ4n) is 2.76. The van der Waals surface area contributed by atoms with Crippen LogP contribution in [0.5, 0.6) is 0 Å². The average Bonchev–Trinajstić information content (AvgIpc) is 3.02. The molecule has 0 unspecified atom stereocenters. The van der Waals surface area contributed by atoms with Gasteiger partial charge in [-0.3, -0.25) is 0 Å². The van der Waals surface area contributed by atoms with E-state index in [0.29, 0.717) is 11.6 Å². The number of aromatic nitrogens is 1. The fraction of sp³-hybridized carbons (Fsp3) is 0.375. The van der Waals surface area contributed by atoms with Crippen molar-refractivity contribution in [2.45, 2.75) is 38.1 Å². The number of hydrogen-bond acceptors (Lipinski definition) is 4. The van der Waals surface area contributed by atoms with Crippen LogP contribution in [0.4, 0.5) is 5.82 Å². The maximum atomic E-state index is 9.50. The summed E-state index contributed by atoms with van der Waals surface area (Å²) in [7, 11) is 0. The van der Waals surface area contributed by atoms with E-state index in [4.69, 9.17) is 0 Å². The van der Waals surface area contributed by atoms with E-state index in [1.807, 2.05) is 23.6 Å². The second kappa shape index (κ2) is 6.06. The number of thiophene rings is 1. The summed E-state index contributed by atoms with van der Waals surface area (Å²) in [6, 6.07) is 8.77. The van der Waals surface area contributed by atoms with E-state index in [2.05, 4.69) is 16.4 Å². The van der Waals surface area contributed by atoms with Crippen LogP contribution in [-0.2, 0) is 0 Å². The lowest BCUT2D eigenvalue weighted by Crippen LogP contribution is -2.23. The van der Waals surface area contributed by atoms with Crippen LogP contribution >= 0.6 is 11.3 Å². The van der Waals surface area contributed by atoms with Gasteiger partial charge in [-0.05, 0) is 30.4 Å². The number of nitriles is 1. The highest BCUT2D eigenvalue weighted by Crippen LogP contribution is 2.31. The average molecular weight is 283 g/mol. The Bertz CT molecular complexity index is 607. The largest absolute Gasteiger partial charge is 0.366 e. The molecule has 1 aliphatic carbocycles. The summed E-state index contributed by atoms with van der Waals surface area (Å²) in [6.45, 7) is 0. The predicted octanol–water partition coefficient (Wildman–Crippen LogP) is 4.43. The molecule has 0 bridgehead atoms. The first-order chi connectivity index (χ1) is 9.88. The molecule has 0 aliphatic heterocycles. The minimum atomic E-state index is 0.460. The smallest absolute Gasteiger partial charge is 0.144 e. The molecule has 4 heteroatoms. The molecule has 20 heavy (non-hydrogen) atoms. The fourth-order valence-corrected chi connectivity index (χ4v) is 3.52. The van der Waals surface area contributed by atoms with Gasteiger partial charge in [0, 0.05) is 22.7 Å². The third-order valence-electron chi connectivity index (χ3n) is 3.80. The first-order valence-electron chi connectivity index (χ1n) is 7.08. The van der Waals surface area contributed by atoms with Crippen molar-refractivity contribution in [3.05, 3.63) is 35.3 Å². The van der Waals surface area contributed by atoms with Gasteiger partial charge in [-0.15, -0.1) is 11.3 Å². The van der Waals surface area contributed by atoms with Gasteiger partial charge in [0.2, 0.25) is 0 Å². The lowest BCUT2D eigenvalue weighted by atomic mass is 9.95. The Morgan fingerprint density at radius 2 is 2.10 bits per heavy atom. The third-order valence-corrected chi connectivity index (χ3v) is 4.70. The number of hydrogen-bond donors (Lipinski definition) is 1. The van der Waals surface area contributed by atoms with Crippen LogP contribution in [0, 0.1) is 11.3 Å². The van der Waals surface area contributed by atoms with Crippen molar-refractivity contribution in [2.75, 3.05) is 5.32 Å². The molecule has 0 atom stereocenters. The summed E-state index contributed by atoms with van der Waals surface area (Å²) in [5.41, 5.74) is 1.65. The summed E-state index contributed by atoms with van der Waals surface area (Å²) in [5, 5.41) is 15.0. The van der Waals surface area contributed by atoms with Gasteiger partial charge in [0.15, 0.2) is 0 Å². The maximum Gasteiger partial charge on any atom is 0.144 e. The predicted molar refractivity (Wildman–Crippen MR) is 82.8 cm³/mol. The normalized spacial score (nSPS) is 15.8. The molecule has 3 rings (SSSR count). The van der Waals surface area contributed by atoms with E-state index in [9.17, 15) is 5.26 Å². The summed E-state index contributed by atoms with van der Waals surface area (Å²) < 4.78 is 0. The maximum absolute atomic E-state index is 9.50. The standard InChI is InChI=1S/C16H17N3S/c17-11-14-13(15-7-4-10-20-15)8-9-18-16(14)19-12-5-2-1-3-6-12/h4,7-10,12H,1-3,5-6H2,(H,18,19). The molecule has 2 aromatic rings. The molecule has 3 nitrogen and oxygen atoms in total. The van der Waals surface area contributed by atoms with Crippen LogP contribution in [0.3, 0.4) is 0 Å². The summed E-state index contributed by atoms with van der Waals surface area (Å²) in [4.78, 5) is 5.51. The summed E-state index contributed by atoms with van der Waals surface area (Å²) in [5.74, 6) is 0.741. The van der Waals surface area contributed by atoms with E-state index in [1.54, 1.807) is 17.5 Å². The van der Waals surface area contributed by atoms with Gasteiger partial charge < -0.3 is 5.32 Å². The topological polar surface area (TPSA) is 48.7 Å². The van der Waals surface area contributed by atoms with Gasteiger partial charge in [-0.25, -0.2) is 4.98 Å². The SMILES string of the molecule is N#Cc1c(-c2cccs2)ccnc1NC1CCCCC1. The Balaban J connectivity index is 1.91. The third kappa shape index (κ3) is 2.68. The van der Waals surface area contributed by atoms with Crippen LogP contribution in [0.1, 0.15) is 37.7 Å². The van der Waals surface area contributed by atoms with Gasteiger partial charge in [-0.2, -0.15) is 5.26 Å². The Labute approximate surface area is 123 Å². The van der Waals surface area contributed by atoms with Gasteiger partial charge in [0.25, 0.3) is 0 Å². The first-order valence-corrected chi connectivity index (χ1v) is 7.96. The number of rotatable bonds is 3. The Morgan fingerprint density at radius 3 is 2.80 bits per heavy atom. The molecule has 1 aliphatic rings. The van der Waals surface area contributed by atoms with Crippen molar-refractivity contribution in [3.63, 3.8) is 0 Å². The van der Waals surface area contributed by atoms with Crippen LogP contribution in [0.2, 0.25) is 0 Å². The minimum absolute atomic E-state index is 0.460. The van der Waals surface area contributed by atoms with Crippen LogP contribution in [-0.4, -0.2) is 11.0 Å². The number of anilines is 1. The number of nitrogens with zero attached hydrogens (tertiary/aromatic N) is 2. The second-order valence-corrected chi connectivity index (χ2v) is 6.10. The molecular formula is C16H17N3S. The van der Waals surface area contributed by atoms with Crippen LogP contribution < -0.4 is 5.32 Å². The van der Waals surface area contributed by atoms with E-state index in [-0.39, 0.29) is 0 Å². The van der Waals surface area contributed by atoms with Crippen molar-refractivity contribution in [1.82, 2.24) is 4.98 Å². The van der Waals surface area contributed by atoms with Crippen molar-refractivity contribution in [3.8, 4) is 16.5 Å².